The molecule has 0 amide bonds. The number of ether oxygens (including phenoxy) is 1. The fourth-order valence-corrected chi connectivity index (χ4v) is 2.34. The van der Waals surface area contributed by atoms with Crippen molar-refractivity contribution in [3.63, 3.8) is 0 Å². The first kappa shape index (κ1) is 15.2. The number of hydrogen-bond donors (Lipinski definition) is 2. The monoisotopic (exact) mass is 275 g/mol. The van der Waals surface area contributed by atoms with Crippen molar-refractivity contribution >= 4 is 12.4 Å². The third kappa shape index (κ3) is 3.13. The Labute approximate surface area is 113 Å². The zero-order chi connectivity index (χ0) is 12.4. The molecule has 18 heavy (non-hydrogen) atoms. The molecule has 0 unspecified atom stereocenters. The van der Waals surface area contributed by atoms with Crippen molar-refractivity contribution in [2.45, 2.75) is 25.8 Å². The molecule has 1 atom stereocenters. The smallest absolute Gasteiger partial charge is 0.165 e. The molecular weight excluding hydrogens is 257 g/mol. The minimum Gasteiger partial charge on any atom is -0.505 e. The van der Waals surface area contributed by atoms with Crippen molar-refractivity contribution in [2.24, 2.45) is 11.7 Å². The van der Waals surface area contributed by atoms with E-state index in [2.05, 4.69) is 0 Å². The number of rotatable bonds is 2. The Bertz CT molecular complexity index is 408. The average Bonchev–Trinajstić information content (AvgIpc) is 2.34. The molecule has 2 rings (SSSR count). The zero-order valence-corrected chi connectivity index (χ0v) is 11.2. The Morgan fingerprint density at radius 1 is 1.39 bits per heavy atom. The Balaban J connectivity index is 0.00000162. The highest BCUT2D eigenvalue weighted by atomic mass is 35.5. The van der Waals surface area contributed by atoms with E-state index in [1.807, 2.05) is 0 Å². The van der Waals surface area contributed by atoms with E-state index >= 15 is 0 Å². The van der Waals surface area contributed by atoms with Crippen LogP contribution in [-0.2, 0) is 4.74 Å². The predicted octanol–water partition coefficient (Wildman–Crippen LogP) is 2.69. The number of nitrogens with two attached hydrogens (primary N) is 1. The van der Waals surface area contributed by atoms with Crippen LogP contribution in [0.15, 0.2) is 12.1 Å². The van der Waals surface area contributed by atoms with Crippen LogP contribution in [0.4, 0.5) is 4.39 Å². The molecule has 102 valence electrons. The fourth-order valence-electron chi connectivity index (χ4n) is 2.34. The molecule has 1 aliphatic rings. The molecule has 0 bridgehead atoms. The van der Waals surface area contributed by atoms with Crippen LogP contribution in [0.1, 0.15) is 30.0 Å². The van der Waals surface area contributed by atoms with Gasteiger partial charge in [0.25, 0.3) is 0 Å². The van der Waals surface area contributed by atoms with Gasteiger partial charge >= 0.3 is 0 Å². The van der Waals surface area contributed by atoms with E-state index in [1.54, 1.807) is 13.0 Å². The summed E-state index contributed by atoms with van der Waals surface area (Å²) in [4.78, 5) is 0. The number of aromatic hydroxyl groups is 1. The molecule has 1 fully saturated rings. The van der Waals surface area contributed by atoms with E-state index < -0.39 is 5.82 Å². The van der Waals surface area contributed by atoms with Gasteiger partial charge in [0.2, 0.25) is 0 Å². The number of hydrogen-bond acceptors (Lipinski definition) is 3. The predicted molar refractivity (Wildman–Crippen MR) is 70.5 cm³/mol. The lowest BCUT2D eigenvalue weighted by Crippen LogP contribution is -2.27. The van der Waals surface area contributed by atoms with Crippen LogP contribution < -0.4 is 5.73 Å². The zero-order valence-electron chi connectivity index (χ0n) is 10.4. The van der Waals surface area contributed by atoms with Gasteiger partial charge in [0.05, 0.1) is 0 Å². The molecule has 0 saturated carbocycles. The quantitative estimate of drug-likeness (QED) is 0.872. The molecule has 1 heterocycles. The van der Waals surface area contributed by atoms with Gasteiger partial charge in [-0.05, 0) is 37.3 Å². The fraction of sp³-hybridized carbons (Fsp3) is 0.538. The summed E-state index contributed by atoms with van der Waals surface area (Å²) in [6, 6.07) is 2.75. The first-order valence-corrected chi connectivity index (χ1v) is 5.92. The molecule has 0 aliphatic carbocycles. The van der Waals surface area contributed by atoms with Crippen LogP contribution in [0.3, 0.4) is 0 Å². The van der Waals surface area contributed by atoms with Crippen molar-refractivity contribution in [1.82, 2.24) is 0 Å². The molecule has 0 radical (unpaired) electrons. The maximum absolute atomic E-state index is 13.4. The highest BCUT2D eigenvalue weighted by Gasteiger charge is 2.25. The van der Waals surface area contributed by atoms with E-state index in [9.17, 15) is 9.50 Å². The molecule has 3 nitrogen and oxygen atoms in total. The van der Waals surface area contributed by atoms with Crippen molar-refractivity contribution in [1.29, 1.82) is 0 Å². The van der Waals surface area contributed by atoms with E-state index in [0.29, 0.717) is 18.8 Å². The van der Waals surface area contributed by atoms with E-state index in [4.69, 9.17) is 10.5 Å². The molecule has 0 spiro atoms. The standard InChI is InChI=1S/C13H18FNO2.ClH/c1-8-6-10(13(16)11(14)7-8)12(15)9-2-4-17-5-3-9;/h6-7,9,12,16H,2-5,15H2,1H3;1H/t12-;/m1./s1. The van der Waals surface area contributed by atoms with Crippen LogP contribution in [0.5, 0.6) is 5.75 Å². The van der Waals surface area contributed by atoms with Crippen molar-refractivity contribution in [3.8, 4) is 5.75 Å². The highest BCUT2D eigenvalue weighted by molar-refractivity contribution is 5.85. The number of halogens is 2. The Morgan fingerprint density at radius 3 is 2.61 bits per heavy atom. The molecule has 1 saturated heterocycles. The SMILES string of the molecule is Cc1cc(F)c(O)c([C@H](N)C2CCOCC2)c1.Cl. The maximum atomic E-state index is 13.4. The minimum absolute atomic E-state index is 0. The summed E-state index contributed by atoms with van der Waals surface area (Å²) in [6.07, 6.45) is 1.71. The molecule has 0 aromatic heterocycles. The lowest BCUT2D eigenvalue weighted by Gasteiger charge is -2.28. The van der Waals surface area contributed by atoms with Gasteiger partial charge in [0.15, 0.2) is 11.6 Å². The van der Waals surface area contributed by atoms with Gasteiger partial charge in [-0.1, -0.05) is 6.07 Å². The molecule has 3 N–H and O–H groups in total. The second-order valence-electron chi connectivity index (χ2n) is 4.66. The topological polar surface area (TPSA) is 55.5 Å². The third-order valence-corrected chi connectivity index (χ3v) is 3.37. The van der Waals surface area contributed by atoms with Gasteiger partial charge in [-0.3, -0.25) is 0 Å². The summed E-state index contributed by atoms with van der Waals surface area (Å²) in [6.45, 7) is 3.17. The Hall–Kier alpha value is -0.840. The number of benzene rings is 1. The lowest BCUT2D eigenvalue weighted by atomic mass is 9.87. The normalized spacial score (nSPS) is 18.2. The van der Waals surface area contributed by atoms with E-state index in [0.717, 1.165) is 18.4 Å². The molecule has 5 heteroatoms. The number of aryl methyl sites for hydroxylation is 1. The summed E-state index contributed by atoms with van der Waals surface area (Å²) in [5, 5.41) is 9.74. The average molecular weight is 276 g/mol. The van der Waals surface area contributed by atoms with Crippen molar-refractivity contribution in [2.75, 3.05) is 13.2 Å². The molecule has 1 aromatic carbocycles. The van der Waals surface area contributed by atoms with Crippen molar-refractivity contribution in [3.05, 3.63) is 29.1 Å². The van der Waals surface area contributed by atoms with Gasteiger partial charge in [-0.2, -0.15) is 0 Å². The summed E-state index contributed by atoms with van der Waals surface area (Å²) >= 11 is 0. The summed E-state index contributed by atoms with van der Waals surface area (Å²) in [5.74, 6) is -0.659. The number of phenolic OH excluding ortho intramolecular Hbond substituents is 1. The second-order valence-corrected chi connectivity index (χ2v) is 4.66. The van der Waals surface area contributed by atoms with Gasteiger partial charge < -0.3 is 15.6 Å². The van der Waals surface area contributed by atoms with Crippen LogP contribution in [0.2, 0.25) is 0 Å². The first-order valence-electron chi connectivity index (χ1n) is 5.92. The largest absolute Gasteiger partial charge is 0.505 e. The van der Waals surface area contributed by atoms with E-state index in [-0.39, 0.29) is 30.1 Å². The van der Waals surface area contributed by atoms with Crippen LogP contribution in [-0.4, -0.2) is 18.3 Å². The Kier molecular flexibility index (Phi) is 5.38. The summed E-state index contributed by atoms with van der Waals surface area (Å²) < 4.78 is 18.7. The maximum Gasteiger partial charge on any atom is 0.165 e. The molecular formula is C13H19ClFNO2. The van der Waals surface area contributed by atoms with Gasteiger partial charge in [0.1, 0.15) is 0 Å². The van der Waals surface area contributed by atoms with Gasteiger partial charge in [-0.25, -0.2) is 4.39 Å². The van der Waals surface area contributed by atoms with Gasteiger partial charge in [0, 0.05) is 24.8 Å². The summed E-state index contributed by atoms with van der Waals surface area (Å²) in [5.41, 5.74) is 7.41. The second kappa shape index (κ2) is 6.36. The Morgan fingerprint density at radius 2 is 2.00 bits per heavy atom. The molecule has 1 aliphatic heterocycles. The van der Waals surface area contributed by atoms with Crippen LogP contribution >= 0.6 is 12.4 Å². The van der Waals surface area contributed by atoms with Crippen LogP contribution in [0.25, 0.3) is 0 Å². The van der Waals surface area contributed by atoms with Gasteiger partial charge in [-0.15, -0.1) is 12.4 Å². The molecule has 1 aromatic rings. The minimum atomic E-state index is -0.595. The first-order chi connectivity index (χ1) is 8.09. The van der Waals surface area contributed by atoms with Crippen LogP contribution in [0, 0.1) is 18.7 Å². The number of phenols is 1. The lowest BCUT2D eigenvalue weighted by molar-refractivity contribution is 0.0580. The summed E-state index contributed by atoms with van der Waals surface area (Å²) in [7, 11) is 0. The van der Waals surface area contributed by atoms with E-state index in [1.165, 1.54) is 6.07 Å². The highest BCUT2D eigenvalue weighted by Crippen LogP contribution is 2.34. The van der Waals surface area contributed by atoms with Crippen molar-refractivity contribution < 1.29 is 14.2 Å². The third-order valence-electron chi connectivity index (χ3n) is 3.37.